The van der Waals surface area contributed by atoms with Crippen molar-refractivity contribution < 1.29 is 4.74 Å². The Morgan fingerprint density at radius 1 is 0.675 bits per heavy atom. The summed E-state index contributed by atoms with van der Waals surface area (Å²) >= 11 is 0. The van der Waals surface area contributed by atoms with Gasteiger partial charge in [0.15, 0.2) is 0 Å². The molecule has 0 spiro atoms. The molecule has 1 aliphatic carbocycles. The lowest BCUT2D eigenvalue weighted by Crippen LogP contribution is -2.04. The van der Waals surface area contributed by atoms with E-state index in [0.717, 1.165) is 40.4 Å². The summed E-state index contributed by atoms with van der Waals surface area (Å²) in [4.78, 5) is 0. The largest absolute Gasteiger partial charge is 0.461 e. The maximum atomic E-state index is 6.10. The maximum Gasteiger partial charge on any atom is 0.130 e. The van der Waals surface area contributed by atoms with E-state index in [1.165, 1.54) is 33.4 Å². The third kappa shape index (κ3) is 4.61. The summed E-state index contributed by atoms with van der Waals surface area (Å²) in [6.07, 6.45) is 5.27. The van der Waals surface area contributed by atoms with Gasteiger partial charge in [-0.2, -0.15) is 0 Å². The normalized spacial score (nSPS) is 15.4. The SMILES string of the molecule is NCc1ccc(-c2ccc(Nc3cccc(C4=CC=C5Oc6ccccc6C5C4)c3)c(-c3ccccc3)c2)cc1. The lowest BCUT2D eigenvalue weighted by atomic mass is 9.85. The fourth-order valence-corrected chi connectivity index (χ4v) is 5.73. The Morgan fingerprint density at radius 2 is 1.45 bits per heavy atom. The van der Waals surface area contributed by atoms with E-state index in [4.69, 9.17) is 10.5 Å². The molecule has 1 heterocycles. The number of allylic oxidation sites excluding steroid dienone is 4. The zero-order valence-electron chi connectivity index (χ0n) is 22.2. The smallest absolute Gasteiger partial charge is 0.130 e. The topological polar surface area (TPSA) is 47.3 Å². The molecule has 5 aromatic carbocycles. The van der Waals surface area contributed by atoms with Crippen molar-refractivity contribution in [1.82, 2.24) is 0 Å². The summed E-state index contributed by atoms with van der Waals surface area (Å²) in [6, 6.07) is 42.8. The Bertz CT molecular complexity index is 1750. The molecule has 1 unspecified atom stereocenters. The van der Waals surface area contributed by atoms with Gasteiger partial charge in [0, 0.05) is 35.0 Å². The zero-order chi connectivity index (χ0) is 26.9. The number of nitrogens with two attached hydrogens (primary N) is 1. The molecule has 0 amide bonds. The van der Waals surface area contributed by atoms with Gasteiger partial charge in [0.2, 0.25) is 0 Å². The van der Waals surface area contributed by atoms with Crippen LogP contribution in [-0.4, -0.2) is 0 Å². The number of ether oxygens (including phenoxy) is 1. The molecular formula is C37H30N2O. The summed E-state index contributed by atoms with van der Waals surface area (Å²) in [7, 11) is 0. The van der Waals surface area contributed by atoms with Crippen LogP contribution in [0.15, 0.2) is 139 Å². The van der Waals surface area contributed by atoms with Crippen LogP contribution in [0.2, 0.25) is 0 Å². The van der Waals surface area contributed by atoms with Crippen molar-refractivity contribution in [2.75, 3.05) is 5.32 Å². The number of anilines is 2. The minimum Gasteiger partial charge on any atom is -0.461 e. The van der Waals surface area contributed by atoms with Gasteiger partial charge >= 0.3 is 0 Å². The first kappa shape index (κ1) is 24.2. The van der Waals surface area contributed by atoms with Crippen LogP contribution < -0.4 is 15.8 Å². The van der Waals surface area contributed by atoms with E-state index in [1.807, 2.05) is 6.07 Å². The van der Waals surface area contributed by atoms with Crippen molar-refractivity contribution in [3.63, 3.8) is 0 Å². The molecule has 1 atom stereocenters. The molecule has 7 rings (SSSR count). The lowest BCUT2D eigenvalue weighted by Gasteiger charge is -2.19. The first-order valence-corrected chi connectivity index (χ1v) is 13.8. The van der Waals surface area contributed by atoms with Crippen LogP contribution in [0.3, 0.4) is 0 Å². The highest BCUT2D eigenvalue weighted by atomic mass is 16.5. The van der Waals surface area contributed by atoms with Crippen molar-refractivity contribution in [3.8, 4) is 28.0 Å². The predicted molar refractivity (Wildman–Crippen MR) is 165 cm³/mol. The molecule has 0 saturated carbocycles. The van der Waals surface area contributed by atoms with Crippen LogP contribution in [0.25, 0.3) is 27.8 Å². The number of fused-ring (bicyclic) bond motifs is 3. The summed E-state index contributed by atoms with van der Waals surface area (Å²) in [6.45, 7) is 0.549. The third-order valence-corrected chi connectivity index (χ3v) is 7.88. The molecule has 0 aromatic heterocycles. The summed E-state index contributed by atoms with van der Waals surface area (Å²) in [5.41, 5.74) is 17.6. The van der Waals surface area contributed by atoms with E-state index in [2.05, 4.69) is 133 Å². The van der Waals surface area contributed by atoms with Gasteiger partial charge in [0.1, 0.15) is 11.5 Å². The van der Waals surface area contributed by atoms with Crippen LogP contribution in [0.4, 0.5) is 11.4 Å². The zero-order valence-corrected chi connectivity index (χ0v) is 22.2. The van der Waals surface area contributed by atoms with Crippen LogP contribution in [0.5, 0.6) is 5.75 Å². The number of rotatable bonds is 6. The van der Waals surface area contributed by atoms with Crippen molar-refractivity contribution in [1.29, 1.82) is 0 Å². The summed E-state index contributed by atoms with van der Waals surface area (Å²) in [5.74, 6) is 2.31. The van der Waals surface area contributed by atoms with Gasteiger partial charge in [0.05, 0.1) is 0 Å². The van der Waals surface area contributed by atoms with Crippen LogP contribution >= 0.6 is 0 Å². The second kappa shape index (κ2) is 10.4. The maximum absolute atomic E-state index is 6.10. The molecule has 0 fully saturated rings. The van der Waals surface area contributed by atoms with E-state index in [9.17, 15) is 0 Å². The number of nitrogens with one attached hydrogen (secondary N) is 1. The Balaban J connectivity index is 1.20. The Morgan fingerprint density at radius 3 is 2.30 bits per heavy atom. The van der Waals surface area contributed by atoms with Crippen molar-refractivity contribution in [3.05, 3.63) is 156 Å². The number of para-hydroxylation sites is 1. The molecule has 3 N–H and O–H groups in total. The fourth-order valence-electron chi connectivity index (χ4n) is 5.73. The molecule has 194 valence electrons. The van der Waals surface area contributed by atoms with Gasteiger partial charge in [-0.05, 0) is 76.2 Å². The van der Waals surface area contributed by atoms with Gasteiger partial charge in [-0.15, -0.1) is 0 Å². The minimum absolute atomic E-state index is 0.281. The van der Waals surface area contributed by atoms with Crippen LogP contribution in [-0.2, 0) is 6.54 Å². The second-order valence-corrected chi connectivity index (χ2v) is 10.4. The minimum atomic E-state index is 0.281. The highest BCUT2D eigenvalue weighted by Crippen LogP contribution is 2.47. The van der Waals surface area contributed by atoms with E-state index in [1.54, 1.807) is 0 Å². The van der Waals surface area contributed by atoms with E-state index in [-0.39, 0.29) is 5.92 Å². The van der Waals surface area contributed by atoms with Gasteiger partial charge in [-0.3, -0.25) is 0 Å². The summed E-state index contributed by atoms with van der Waals surface area (Å²) < 4.78 is 6.10. The first-order chi connectivity index (χ1) is 19.7. The standard InChI is InChI=1S/C37H30N2O/c38-24-25-13-15-26(16-14-25)29-17-19-35(33(22-29)27-7-2-1-3-8-27)39-31-10-6-9-28(21-31)30-18-20-37-34(23-30)32-11-4-5-12-36(32)40-37/h1-22,34,39H,23-24,38H2. The van der Waals surface area contributed by atoms with E-state index in [0.29, 0.717) is 6.54 Å². The quantitative estimate of drug-likeness (QED) is 0.236. The number of hydrogen-bond donors (Lipinski definition) is 2. The number of benzene rings is 5. The van der Waals surface area contributed by atoms with Crippen molar-refractivity contribution >= 4 is 16.9 Å². The highest BCUT2D eigenvalue weighted by Gasteiger charge is 2.31. The Labute approximate surface area is 235 Å². The monoisotopic (exact) mass is 518 g/mol. The molecule has 40 heavy (non-hydrogen) atoms. The highest BCUT2D eigenvalue weighted by molar-refractivity contribution is 5.86. The molecule has 0 radical (unpaired) electrons. The average molecular weight is 519 g/mol. The van der Waals surface area contributed by atoms with Gasteiger partial charge in [-0.25, -0.2) is 0 Å². The fraction of sp³-hybridized carbons (Fsp3) is 0.0811. The first-order valence-electron chi connectivity index (χ1n) is 13.8. The van der Waals surface area contributed by atoms with Crippen LogP contribution in [0, 0.1) is 0 Å². The summed E-state index contributed by atoms with van der Waals surface area (Å²) in [5, 5.41) is 3.73. The van der Waals surface area contributed by atoms with Crippen molar-refractivity contribution in [2.24, 2.45) is 5.73 Å². The molecule has 1 aliphatic heterocycles. The van der Waals surface area contributed by atoms with Crippen LogP contribution in [0.1, 0.15) is 29.0 Å². The number of hydrogen-bond acceptors (Lipinski definition) is 3. The molecule has 2 aliphatic rings. The van der Waals surface area contributed by atoms with Gasteiger partial charge in [-0.1, -0.05) is 97.1 Å². The Hall–Kier alpha value is -4.86. The Kier molecular flexibility index (Phi) is 6.27. The molecule has 3 nitrogen and oxygen atoms in total. The molecular weight excluding hydrogens is 488 g/mol. The lowest BCUT2D eigenvalue weighted by molar-refractivity contribution is 0.426. The van der Waals surface area contributed by atoms with E-state index >= 15 is 0 Å². The molecule has 3 heteroatoms. The molecule has 5 aromatic rings. The van der Waals surface area contributed by atoms with Gasteiger partial charge in [0.25, 0.3) is 0 Å². The average Bonchev–Trinajstić information content (AvgIpc) is 3.40. The van der Waals surface area contributed by atoms with Crippen molar-refractivity contribution in [2.45, 2.75) is 18.9 Å². The molecule has 0 bridgehead atoms. The van der Waals surface area contributed by atoms with Gasteiger partial charge < -0.3 is 15.8 Å². The molecule has 0 saturated heterocycles. The second-order valence-electron chi connectivity index (χ2n) is 10.4. The van der Waals surface area contributed by atoms with E-state index < -0.39 is 0 Å². The predicted octanol–water partition coefficient (Wildman–Crippen LogP) is 9.07. The third-order valence-electron chi connectivity index (χ3n) is 7.88.